The lowest BCUT2D eigenvalue weighted by Crippen LogP contribution is -2.38. The summed E-state index contributed by atoms with van der Waals surface area (Å²) in [4.78, 5) is 16.2. The van der Waals surface area contributed by atoms with Gasteiger partial charge in [0.05, 0.1) is 12.6 Å². The van der Waals surface area contributed by atoms with E-state index in [1.807, 2.05) is 25.1 Å². The fourth-order valence-electron chi connectivity index (χ4n) is 2.73. The molecule has 0 bridgehead atoms. The van der Waals surface area contributed by atoms with Crippen LogP contribution in [0.3, 0.4) is 0 Å². The Labute approximate surface area is 204 Å². The molecular weight excluding hydrogens is 538 g/mol. The third-order valence-corrected chi connectivity index (χ3v) is 4.60. The van der Waals surface area contributed by atoms with Crippen molar-refractivity contribution in [3.8, 4) is 0 Å². The molecule has 2 rings (SSSR count). The number of aliphatic imine (C=N–C) groups is 1. The molecule has 30 heavy (non-hydrogen) atoms. The maximum Gasteiger partial charge on any atom is 0.251 e. The fourth-order valence-corrected chi connectivity index (χ4v) is 3.27. The smallest absolute Gasteiger partial charge is 0.251 e. The van der Waals surface area contributed by atoms with Gasteiger partial charge < -0.3 is 21.1 Å². The van der Waals surface area contributed by atoms with Crippen molar-refractivity contribution in [2.45, 2.75) is 19.4 Å². The fraction of sp³-hybridized carbons (Fsp3) is 0.333. The molecule has 0 saturated heterocycles. The van der Waals surface area contributed by atoms with Gasteiger partial charge in [-0.1, -0.05) is 35.3 Å². The minimum absolute atomic E-state index is 0. The number of hydrogen-bond donors (Lipinski definition) is 4. The van der Waals surface area contributed by atoms with Crippen molar-refractivity contribution >= 4 is 59.0 Å². The van der Waals surface area contributed by atoms with Crippen LogP contribution in [0.4, 0.5) is 0 Å². The van der Waals surface area contributed by atoms with Crippen LogP contribution in [0.25, 0.3) is 0 Å². The van der Waals surface area contributed by atoms with Crippen LogP contribution in [0.5, 0.6) is 0 Å². The quantitative estimate of drug-likeness (QED) is 0.223. The van der Waals surface area contributed by atoms with Crippen LogP contribution >= 0.6 is 47.2 Å². The number of guanidine groups is 1. The second kappa shape index (κ2) is 13.7. The molecule has 6 nitrogen and oxygen atoms in total. The van der Waals surface area contributed by atoms with Gasteiger partial charge >= 0.3 is 0 Å². The SMILES string of the molecule is CCNC(=NCC(O)c1cc(Cl)cc(Cl)c1)NCCc1cccc(C(=O)NC)c1.I. The number of nitrogens with zero attached hydrogens (tertiary/aromatic N) is 1. The van der Waals surface area contributed by atoms with Gasteiger partial charge in [-0.3, -0.25) is 9.79 Å². The van der Waals surface area contributed by atoms with E-state index in [-0.39, 0.29) is 36.4 Å². The molecule has 0 heterocycles. The van der Waals surface area contributed by atoms with Gasteiger partial charge in [0.1, 0.15) is 0 Å². The average molecular weight is 565 g/mol. The van der Waals surface area contributed by atoms with Gasteiger partial charge in [-0.2, -0.15) is 0 Å². The molecule has 0 fully saturated rings. The number of carbonyl (C=O) groups excluding carboxylic acids is 1. The second-order valence-corrected chi connectivity index (χ2v) is 7.27. The van der Waals surface area contributed by atoms with Crippen LogP contribution in [-0.4, -0.2) is 43.7 Å². The first-order valence-corrected chi connectivity index (χ1v) is 10.2. The standard InChI is InChI=1S/C21H26Cl2N4O2.HI/c1-3-25-21(27-13-19(28)16-10-17(22)12-18(23)11-16)26-8-7-14-5-4-6-15(9-14)20(29)24-2;/h4-6,9-12,19,28H,3,7-8,13H2,1-2H3,(H,24,29)(H2,25,26,27);1H. The molecule has 0 saturated carbocycles. The Balaban J connectivity index is 0.00000450. The van der Waals surface area contributed by atoms with E-state index in [0.717, 1.165) is 12.0 Å². The lowest BCUT2D eigenvalue weighted by atomic mass is 10.1. The summed E-state index contributed by atoms with van der Waals surface area (Å²) in [5.74, 6) is 0.493. The van der Waals surface area contributed by atoms with E-state index in [1.165, 1.54) is 0 Å². The number of nitrogens with one attached hydrogen (secondary N) is 3. The van der Waals surface area contributed by atoms with Crippen molar-refractivity contribution in [1.29, 1.82) is 0 Å². The molecule has 0 aliphatic carbocycles. The number of aliphatic hydroxyl groups is 1. The number of aliphatic hydroxyl groups excluding tert-OH is 1. The topological polar surface area (TPSA) is 85.8 Å². The molecule has 1 atom stereocenters. The summed E-state index contributed by atoms with van der Waals surface area (Å²) in [6.07, 6.45) is -0.0901. The first kappa shape index (κ1) is 26.5. The van der Waals surface area contributed by atoms with E-state index in [0.29, 0.717) is 40.2 Å². The normalized spacial score (nSPS) is 12.0. The summed E-state index contributed by atoms with van der Waals surface area (Å²) < 4.78 is 0. The van der Waals surface area contributed by atoms with Gasteiger partial charge in [0.15, 0.2) is 5.96 Å². The maximum absolute atomic E-state index is 11.7. The van der Waals surface area contributed by atoms with E-state index in [9.17, 15) is 9.90 Å². The Hall–Kier alpha value is -1.55. The number of benzene rings is 2. The number of halogens is 3. The van der Waals surface area contributed by atoms with Gasteiger partial charge in [0, 0.05) is 35.7 Å². The highest BCUT2D eigenvalue weighted by Gasteiger charge is 2.10. The van der Waals surface area contributed by atoms with E-state index in [1.54, 1.807) is 31.3 Å². The van der Waals surface area contributed by atoms with Crippen molar-refractivity contribution in [3.63, 3.8) is 0 Å². The first-order valence-electron chi connectivity index (χ1n) is 9.40. The monoisotopic (exact) mass is 564 g/mol. The Morgan fingerprint density at radius 2 is 1.83 bits per heavy atom. The third-order valence-electron chi connectivity index (χ3n) is 4.16. The summed E-state index contributed by atoms with van der Waals surface area (Å²) in [7, 11) is 1.61. The number of rotatable bonds is 8. The van der Waals surface area contributed by atoms with Crippen molar-refractivity contribution < 1.29 is 9.90 Å². The molecule has 0 spiro atoms. The highest BCUT2D eigenvalue weighted by atomic mass is 127. The number of hydrogen-bond acceptors (Lipinski definition) is 3. The minimum atomic E-state index is -0.814. The third kappa shape index (κ3) is 8.67. The summed E-state index contributed by atoms with van der Waals surface area (Å²) in [6, 6.07) is 12.5. The zero-order valence-corrected chi connectivity index (χ0v) is 20.8. The van der Waals surface area contributed by atoms with E-state index < -0.39 is 6.10 Å². The van der Waals surface area contributed by atoms with Crippen molar-refractivity contribution in [2.24, 2.45) is 4.99 Å². The van der Waals surface area contributed by atoms with Crippen LogP contribution < -0.4 is 16.0 Å². The van der Waals surface area contributed by atoms with Gasteiger partial charge in [-0.15, -0.1) is 24.0 Å². The summed E-state index contributed by atoms with van der Waals surface area (Å²) in [5, 5.41) is 20.3. The van der Waals surface area contributed by atoms with E-state index in [4.69, 9.17) is 23.2 Å². The first-order chi connectivity index (χ1) is 13.9. The van der Waals surface area contributed by atoms with Gasteiger partial charge in [-0.25, -0.2) is 0 Å². The molecule has 2 aromatic carbocycles. The molecule has 164 valence electrons. The van der Waals surface area contributed by atoms with Gasteiger partial charge in [0.25, 0.3) is 5.91 Å². The predicted octanol–water partition coefficient (Wildman–Crippen LogP) is 3.80. The molecule has 0 radical (unpaired) electrons. The zero-order valence-electron chi connectivity index (χ0n) is 16.9. The highest BCUT2D eigenvalue weighted by molar-refractivity contribution is 14.0. The Kier molecular flexibility index (Phi) is 12.1. The minimum Gasteiger partial charge on any atom is -0.386 e. The summed E-state index contributed by atoms with van der Waals surface area (Å²) in [5.41, 5.74) is 2.30. The molecule has 0 aliphatic heterocycles. The molecular formula is C21H27Cl2IN4O2. The van der Waals surface area contributed by atoms with Crippen LogP contribution in [0.1, 0.15) is 34.5 Å². The molecule has 9 heteroatoms. The average Bonchev–Trinajstić information content (AvgIpc) is 2.70. The van der Waals surface area contributed by atoms with Crippen molar-refractivity contribution in [1.82, 2.24) is 16.0 Å². The molecule has 2 aromatic rings. The van der Waals surface area contributed by atoms with Gasteiger partial charge in [-0.05, 0) is 54.8 Å². The van der Waals surface area contributed by atoms with Crippen molar-refractivity contribution in [2.75, 3.05) is 26.7 Å². The number of amides is 1. The predicted molar refractivity (Wildman–Crippen MR) is 134 cm³/mol. The van der Waals surface area contributed by atoms with Crippen LogP contribution in [0.2, 0.25) is 10.0 Å². The Morgan fingerprint density at radius 1 is 1.13 bits per heavy atom. The second-order valence-electron chi connectivity index (χ2n) is 6.39. The Bertz CT molecular complexity index is 844. The molecule has 4 N–H and O–H groups in total. The van der Waals surface area contributed by atoms with Crippen molar-refractivity contribution in [3.05, 3.63) is 69.2 Å². The number of carbonyl (C=O) groups is 1. The largest absolute Gasteiger partial charge is 0.386 e. The zero-order chi connectivity index (χ0) is 21.2. The lowest BCUT2D eigenvalue weighted by Gasteiger charge is -2.14. The Morgan fingerprint density at radius 3 is 2.47 bits per heavy atom. The molecule has 1 amide bonds. The molecule has 0 aliphatic rings. The maximum atomic E-state index is 11.7. The molecule has 0 aromatic heterocycles. The lowest BCUT2D eigenvalue weighted by molar-refractivity contribution is 0.0963. The van der Waals surface area contributed by atoms with E-state index in [2.05, 4.69) is 20.9 Å². The van der Waals surface area contributed by atoms with Crippen LogP contribution in [0, 0.1) is 0 Å². The van der Waals surface area contributed by atoms with Crippen LogP contribution in [0.15, 0.2) is 47.5 Å². The summed E-state index contributed by atoms with van der Waals surface area (Å²) >= 11 is 12.0. The highest BCUT2D eigenvalue weighted by Crippen LogP contribution is 2.23. The molecule has 1 unspecified atom stereocenters. The summed E-state index contributed by atoms with van der Waals surface area (Å²) in [6.45, 7) is 3.45. The van der Waals surface area contributed by atoms with Crippen LogP contribution in [-0.2, 0) is 6.42 Å². The van der Waals surface area contributed by atoms with E-state index >= 15 is 0 Å². The van der Waals surface area contributed by atoms with Gasteiger partial charge in [0.2, 0.25) is 0 Å².